The van der Waals surface area contributed by atoms with E-state index in [1.165, 1.54) is 12.1 Å². The molecule has 0 fully saturated rings. The van der Waals surface area contributed by atoms with E-state index in [4.69, 9.17) is 5.26 Å². The molecule has 2 aromatic rings. The highest BCUT2D eigenvalue weighted by Crippen LogP contribution is 2.10. The summed E-state index contributed by atoms with van der Waals surface area (Å²) in [5, 5.41) is 12.9. The van der Waals surface area contributed by atoms with Gasteiger partial charge in [-0.2, -0.15) is 10.4 Å². The van der Waals surface area contributed by atoms with Crippen LogP contribution in [0.5, 0.6) is 0 Å². The fourth-order valence-electron chi connectivity index (χ4n) is 1.73. The summed E-state index contributed by atoms with van der Waals surface area (Å²) in [4.78, 5) is 0.0950. The van der Waals surface area contributed by atoms with Gasteiger partial charge in [-0.25, -0.2) is 13.1 Å². The molecule has 2 rings (SSSR count). The number of hydrogen-bond acceptors (Lipinski definition) is 4. The van der Waals surface area contributed by atoms with Gasteiger partial charge in [0.1, 0.15) is 0 Å². The van der Waals surface area contributed by atoms with E-state index < -0.39 is 10.0 Å². The van der Waals surface area contributed by atoms with Crippen LogP contribution in [-0.2, 0) is 23.5 Å². The lowest BCUT2D eigenvalue weighted by Gasteiger charge is -2.06. The number of nitrogens with one attached hydrogen (secondary N) is 1. The molecule has 1 aromatic carbocycles. The second-order valence-electron chi connectivity index (χ2n) is 4.27. The molecule has 6 nitrogen and oxygen atoms in total. The van der Waals surface area contributed by atoms with Crippen molar-refractivity contribution in [3.8, 4) is 6.07 Å². The van der Waals surface area contributed by atoms with Gasteiger partial charge in [0, 0.05) is 26.2 Å². The molecule has 0 radical (unpaired) electrons. The van der Waals surface area contributed by atoms with Crippen LogP contribution in [0, 0.1) is 11.3 Å². The molecule has 20 heavy (non-hydrogen) atoms. The monoisotopic (exact) mass is 290 g/mol. The van der Waals surface area contributed by atoms with Crippen molar-refractivity contribution in [3.05, 3.63) is 47.8 Å². The van der Waals surface area contributed by atoms with E-state index >= 15 is 0 Å². The first-order valence-corrected chi connectivity index (χ1v) is 7.48. The predicted octanol–water partition coefficient (Wildman–Crippen LogP) is 0.813. The molecule has 0 saturated carbocycles. The van der Waals surface area contributed by atoms with Crippen molar-refractivity contribution in [1.29, 1.82) is 5.26 Å². The Kier molecular flexibility index (Phi) is 4.17. The van der Waals surface area contributed by atoms with Gasteiger partial charge in [-0.05, 0) is 24.3 Å². The number of nitrogens with zero attached hydrogens (tertiary/aromatic N) is 3. The normalized spacial score (nSPS) is 11.2. The van der Waals surface area contributed by atoms with Crippen molar-refractivity contribution < 1.29 is 8.42 Å². The summed E-state index contributed by atoms with van der Waals surface area (Å²) in [5.74, 6) is 0. The third kappa shape index (κ3) is 3.44. The van der Waals surface area contributed by atoms with Crippen LogP contribution in [0.2, 0.25) is 0 Å². The maximum Gasteiger partial charge on any atom is 0.240 e. The molecule has 0 unspecified atom stereocenters. The second-order valence-corrected chi connectivity index (χ2v) is 6.04. The minimum absolute atomic E-state index is 0.0950. The Bertz CT molecular complexity index is 744. The van der Waals surface area contributed by atoms with E-state index in [1.807, 2.05) is 12.1 Å². The Morgan fingerprint density at radius 3 is 2.85 bits per heavy atom. The van der Waals surface area contributed by atoms with Crippen LogP contribution in [0.25, 0.3) is 0 Å². The number of rotatable bonds is 5. The number of aryl methyl sites for hydroxylation is 1. The lowest BCUT2D eigenvalue weighted by atomic mass is 10.2. The van der Waals surface area contributed by atoms with Crippen LogP contribution in [0.3, 0.4) is 0 Å². The second kappa shape index (κ2) is 5.86. The first kappa shape index (κ1) is 14.2. The van der Waals surface area contributed by atoms with Gasteiger partial charge in [0.15, 0.2) is 0 Å². The van der Waals surface area contributed by atoms with Gasteiger partial charge >= 0.3 is 0 Å². The maximum atomic E-state index is 12.0. The molecule has 1 heterocycles. The van der Waals surface area contributed by atoms with E-state index in [9.17, 15) is 8.42 Å². The molecule has 0 amide bonds. The molecule has 1 aromatic heterocycles. The summed E-state index contributed by atoms with van der Waals surface area (Å²) in [5.41, 5.74) is 1.14. The summed E-state index contributed by atoms with van der Waals surface area (Å²) >= 11 is 0. The largest absolute Gasteiger partial charge is 0.276 e. The summed E-state index contributed by atoms with van der Waals surface area (Å²) in [7, 11) is -1.79. The molecule has 0 saturated heterocycles. The summed E-state index contributed by atoms with van der Waals surface area (Å²) in [6, 6.07) is 9.68. The third-order valence-electron chi connectivity index (χ3n) is 2.72. The van der Waals surface area contributed by atoms with Crippen LogP contribution in [0.4, 0.5) is 0 Å². The topological polar surface area (TPSA) is 87.8 Å². The van der Waals surface area contributed by atoms with Crippen LogP contribution >= 0.6 is 0 Å². The number of sulfonamides is 1. The van der Waals surface area contributed by atoms with Crippen molar-refractivity contribution in [2.75, 3.05) is 6.54 Å². The first-order chi connectivity index (χ1) is 9.51. The lowest BCUT2D eigenvalue weighted by Crippen LogP contribution is -2.26. The zero-order chi connectivity index (χ0) is 14.6. The highest BCUT2D eigenvalue weighted by Gasteiger charge is 2.13. The van der Waals surface area contributed by atoms with Crippen molar-refractivity contribution in [1.82, 2.24) is 14.5 Å². The summed E-state index contributed by atoms with van der Waals surface area (Å²) in [6.07, 6.45) is 2.32. The molecular weight excluding hydrogens is 276 g/mol. The number of benzene rings is 1. The fraction of sp³-hybridized carbons (Fsp3) is 0.231. The van der Waals surface area contributed by atoms with E-state index in [-0.39, 0.29) is 11.4 Å². The minimum atomic E-state index is -3.59. The molecule has 1 N–H and O–H groups in total. The van der Waals surface area contributed by atoms with Gasteiger partial charge < -0.3 is 0 Å². The molecule has 0 spiro atoms. The molecule has 0 atom stereocenters. The molecule has 0 bridgehead atoms. The Morgan fingerprint density at radius 2 is 2.20 bits per heavy atom. The van der Waals surface area contributed by atoms with Gasteiger partial charge in [-0.15, -0.1) is 0 Å². The van der Waals surface area contributed by atoms with E-state index in [0.29, 0.717) is 12.0 Å². The Labute approximate surface area is 117 Å². The van der Waals surface area contributed by atoms with Crippen LogP contribution in [-0.4, -0.2) is 24.7 Å². The van der Waals surface area contributed by atoms with Gasteiger partial charge in [0.05, 0.1) is 22.2 Å². The van der Waals surface area contributed by atoms with Gasteiger partial charge in [-0.3, -0.25) is 4.68 Å². The average Bonchev–Trinajstić information content (AvgIpc) is 2.84. The highest BCUT2D eigenvalue weighted by atomic mass is 32.2. The average molecular weight is 290 g/mol. The van der Waals surface area contributed by atoms with E-state index in [0.717, 1.165) is 5.69 Å². The number of nitriles is 1. The van der Waals surface area contributed by atoms with E-state index in [2.05, 4.69) is 9.82 Å². The Balaban J connectivity index is 2.02. The highest BCUT2D eigenvalue weighted by molar-refractivity contribution is 7.89. The van der Waals surface area contributed by atoms with Crippen LogP contribution in [0.15, 0.2) is 41.4 Å². The number of hydrogen-bond donors (Lipinski definition) is 1. The van der Waals surface area contributed by atoms with E-state index in [1.54, 1.807) is 30.1 Å². The zero-order valence-electron chi connectivity index (χ0n) is 10.9. The molecule has 0 aliphatic heterocycles. The standard InChI is InChI=1S/C13H14N4O2S/c1-17-8-6-12(16-17)5-7-15-20(18,19)13-4-2-3-11(9-13)10-14/h2-4,6,8-9,15H,5,7H2,1H3. The smallest absolute Gasteiger partial charge is 0.240 e. The summed E-state index contributed by atoms with van der Waals surface area (Å²) < 4.78 is 28.3. The van der Waals surface area contributed by atoms with Crippen LogP contribution in [0.1, 0.15) is 11.3 Å². The molecule has 0 aliphatic carbocycles. The Morgan fingerprint density at radius 1 is 1.40 bits per heavy atom. The molecular formula is C13H14N4O2S. The van der Waals surface area contributed by atoms with Gasteiger partial charge in [-0.1, -0.05) is 6.07 Å². The zero-order valence-corrected chi connectivity index (χ0v) is 11.8. The lowest BCUT2D eigenvalue weighted by molar-refractivity contribution is 0.581. The van der Waals surface area contributed by atoms with Crippen molar-refractivity contribution in [2.45, 2.75) is 11.3 Å². The number of aromatic nitrogens is 2. The fourth-order valence-corrected chi connectivity index (χ4v) is 2.80. The van der Waals surface area contributed by atoms with Crippen molar-refractivity contribution >= 4 is 10.0 Å². The molecule has 0 aliphatic rings. The van der Waals surface area contributed by atoms with Crippen molar-refractivity contribution in [3.63, 3.8) is 0 Å². The van der Waals surface area contributed by atoms with Gasteiger partial charge in [0.25, 0.3) is 0 Å². The molecule has 104 valence electrons. The third-order valence-corrected chi connectivity index (χ3v) is 4.17. The predicted molar refractivity (Wildman–Crippen MR) is 73.3 cm³/mol. The first-order valence-electron chi connectivity index (χ1n) is 5.99. The minimum Gasteiger partial charge on any atom is -0.276 e. The SMILES string of the molecule is Cn1ccc(CCNS(=O)(=O)c2cccc(C#N)c2)n1. The summed E-state index contributed by atoms with van der Waals surface area (Å²) in [6.45, 7) is 0.260. The van der Waals surface area contributed by atoms with Crippen LogP contribution < -0.4 is 4.72 Å². The maximum absolute atomic E-state index is 12.0. The quantitative estimate of drug-likeness (QED) is 0.882. The molecule has 7 heteroatoms. The Hall–Kier alpha value is -2.17. The van der Waals surface area contributed by atoms with Gasteiger partial charge in [0.2, 0.25) is 10.0 Å². The van der Waals surface area contributed by atoms with Crippen molar-refractivity contribution in [2.24, 2.45) is 7.05 Å².